The molecule has 0 rings (SSSR count). The van der Waals surface area contributed by atoms with Crippen LogP contribution in [0, 0.1) is 0 Å². The maximum absolute atomic E-state index is 2.33. The summed E-state index contributed by atoms with van der Waals surface area (Å²) in [6.45, 7) is 4.62. The van der Waals surface area contributed by atoms with Crippen molar-refractivity contribution in [3.8, 4) is 0 Å². The Labute approximate surface area is 94.5 Å². The van der Waals surface area contributed by atoms with Gasteiger partial charge in [-0.1, -0.05) is 51.9 Å². The maximum Gasteiger partial charge on any atom is 0.0540 e. The van der Waals surface area contributed by atoms with Crippen molar-refractivity contribution in [2.24, 2.45) is 0 Å². The molecule has 86 valence electrons. The first-order valence-corrected chi connectivity index (χ1v) is 10.3. The van der Waals surface area contributed by atoms with Crippen LogP contribution in [0.4, 0.5) is 0 Å². The Morgan fingerprint density at radius 2 is 1.36 bits per heavy atom. The van der Waals surface area contributed by atoms with Crippen molar-refractivity contribution in [2.45, 2.75) is 65.2 Å². The van der Waals surface area contributed by atoms with E-state index in [1.807, 2.05) is 0 Å². The van der Waals surface area contributed by atoms with Gasteiger partial charge in [0.25, 0.3) is 0 Å². The third-order valence-corrected chi connectivity index (χ3v) is 6.82. The minimum absolute atomic E-state index is 0.827. The number of unbranched alkanes of at least 4 members (excludes halogenated alkanes) is 7. The molecule has 0 fully saturated rings. The fourth-order valence-corrected chi connectivity index (χ4v) is 4.65. The SMILES string of the molecule is CCCCCCCCCCP[PH2+]CC. The van der Waals surface area contributed by atoms with Gasteiger partial charge in [-0.2, -0.15) is 0 Å². The summed E-state index contributed by atoms with van der Waals surface area (Å²) in [5.41, 5.74) is 0. The number of hydrogen-bond donors (Lipinski definition) is 0. The second kappa shape index (κ2) is 13.9. The van der Waals surface area contributed by atoms with Crippen molar-refractivity contribution in [3.05, 3.63) is 0 Å². The molecule has 2 unspecified atom stereocenters. The summed E-state index contributed by atoms with van der Waals surface area (Å²) in [6.07, 6.45) is 14.8. The molecule has 0 radical (unpaired) electrons. The fraction of sp³-hybridized carbons (Fsp3) is 1.00. The van der Waals surface area contributed by atoms with E-state index in [0.717, 1.165) is 8.27 Å². The molecule has 0 spiro atoms. The van der Waals surface area contributed by atoms with Gasteiger partial charge in [0.1, 0.15) is 0 Å². The molecule has 0 heterocycles. The Bertz CT molecular complexity index is 82.3. The summed E-state index contributed by atoms with van der Waals surface area (Å²) in [6, 6.07) is 0. The smallest absolute Gasteiger partial charge is 0.0540 e. The third kappa shape index (κ3) is 12.9. The van der Waals surface area contributed by atoms with E-state index in [1.165, 1.54) is 72.0 Å². The average Bonchev–Trinajstić information content (AvgIpc) is 2.21. The van der Waals surface area contributed by atoms with Crippen LogP contribution >= 0.6 is 16.5 Å². The summed E-state index contributed by atoms with van der Waals surface area (Å²) in [4.78, 5) is 0. The molecule has 14 heavy (non-hydrogen) atoms. The van der Waals surface area contributed by atoms with Gasteiger partial charge in [0.05, 0.1) is 6.16 Å². The van der Waals surface area contributed by atoms with Crippen molar-refractivity contribution in [3.63, 3.8) is 0 Å². The lowest BCUT2D eigenvalue weighted by Gasteiger charge is -2.00. The number of hydrogen-bond acceptors (Lipinski definition) is 0. The van der Waals surface area contributed by atoms with Crippen molar-refractivity contribution >= 4 is 16.5 Å². The van der Waals surface area contributed by atoms with Crippen molar-refractivity contribution in [1.82, 2.24) is 0 Å². The van der Waals surface area contributed by atoms with Gasteiger partial charge in [0.2, 0.25) is 0 Å². The van der Waals surface area contributed by atoms with Crippen LogP contribution < -0.4 is 0 Å². The molecule has 0 saturated carbocycles. The molecule has 0 aromatic heterocycles. The van der Waals surface area contributed by atoms with Crippen LogP contribution in [0.5, 0.6) is 0 Å². The minimum atomic E-state index is 0.827. The zero-order valence-electron chi connectivity index (χ0n) is 10.1. The molecule has 2 atom stereocenters. The molecular weight excluding hydrogens is 206 g/mol. The summed E-state index contributed by atoms with van der Waals surface area (Å²) < 4.78 is 0. The molecule has 0 saturated heterocycles. The Morgan fingerprint density at radius 1 is 0.786 bits per heavy atom. The average molecular weight is 235 g/mol. The van der Waals surface area contributed by atoms with Gasteiger partial charge >= 0.3 is 0 Å². The monoisotopic (exact) mass is 235 g/mol. The first-order chi connectivity index (χ1) is 6.91. The number of rotatable bonds is 11. The topological polar surface area (TPSA) is 0 Å². The van der Waals surface area contributed by atoms with Gasteiger partial charge in [-0.15, -0.1) is 0 Å². The normalized spacial score (nSPS) is 12.4. The van der Waals surface area contributed by atoms with Gasteiger partial charge < -0.3 is 0 Å². The fourth-order valence-electron chi connectivity index (χ4n) is 1.61. The molecule has 0 nitrogen and oxygen atoms in total. The van der Waals surface area contributed by atoms with E-state index < -0.39 is 0 Å². The summed E-state index contributed by atoms with van der Waals surface area (Å²) in [5, 5.41) is 0. The predicted molar refractivity (Wildman–Crippen MR) is 76.0 cm³/mol. The molecule has 0 aromatic carbocycles. The molecule has 0 aliphatic heterocycles. The molecule has 0 N–H and O–H groups in total. The lowest BCUT2D eigenvalue weighted by molar-refractivity contribution is 0.586. The van der Waals surface area contributed by atoms with Gasteiger partial charge in [-0.05, 0) is 19.5 Å². The minimum Gasteiger partial charge on any atom is -0.0654 e. The van der Waals surface area contributed by atoms with Crippen LogP contribution in [0.3, 0.4) is 0 Å². The predicted octanol–water partition coefficient (Wildman–Crippen LogP) is 5.15. The summed E-state index contributed by atoms with van der Waals surface area (Å²) in [5.74, 6) is 0. The highest BCUT2D eigenvalue weighted by atomic mass is 32.0. The van der Waals surface area contributed by atoms with Crippen LogP contribution in [0.25, 0.3) is 0 Å². The van der Waals surface area contributed by atoms with E-state index >= 15 is 0 Å². The zero-order valence-corrected chi connectivity index (χ0v) is 12.3. The van der Waals surface area contributed by atoms with Gasteiger partial charge in [0, 0.05) is 16.5 Å². The van der Waals surface area contributed by atoms with Gasteiger partial charge in [0.15, 0.2) is 0 Å². The molecule has 0 aromatic rings. The van der Waals surface area contributed by atoms with E-state index in [1.54, 1.807) is 0 Å². The molecule has 0 aliphatic carbocycles. The molecular formula is C12H29P2+. The largest absolute Gasteiger partial charge is 0.0654 e. The first kappa shape index (κ1) is 14.9. The standard InChI is InChI=1S/C12H28P2/c1-3-5-6-7-8-9-10-11-12-14-13-4-2/h13-14H,3-12H2,1-2H3/p+1. The van der Waals surface area contributed by atoms with E-state index in [9.17, 15) is 0 Å². The van der Waals surface area contributed by atoms with Crippen LogP contribution in [0.1, 0.15) is 65.2 Å². The molecule has 0 aliphatic rings. The van der Waals surface area contributed by atoms with E-state index in [-0.39, 0.29) is 0 Å². The second-order valence-electron chi connectivity index (χ2n) is 4.04. The molecule has 2 heteroatoms. The van der Waals surface area contributed by atoms with E-state index in [0.29, 0.717) is 0 Å². The first-order valence-electron chi connectivity index (χ1n) is 6.46. The van der Waals surface area contributed by atoms with Crippen molar-refractivity contribution in [1.29, 1.82) is 0 Å². The highest BCUT2D eigenvalue weighted by molar-refractivity contribution is 8.11. The van der Waals surface area contributed by atoms with Crippen LogP contribution in [0.2, 0.25) is 0 Å². The molecule has 0 amide bonds. The van der Waals surface area contributed by atoms with E-state index in [4.69, 9.17) is 0 Å². The third-order valence-electron chi connectivity index (χ3n) is 2.52. The second-order valence-corrected chi connectivity index (χ2v) is 8.62. The Balaban J connectivity index is 2.78. The van der Waals surface area contributed by atoms with Gasteiger partial charge in [-0.3, -0.25) is 0 Å². The van der Waals surface area contributed by atoms with Crippen molar-refractivity contribution < 1.29 is 0 Å². The highest BCUT2D eigenvalue weighted by Crippen LogP contribution is 2.36. The van der Waals surface area contributed by atoms with E-state index in [2.05, 4.69) is 13.8 Å². The summed E-state index contributed by atoms with van der Waals surface area (Å²) in [7, 11) is 2.15. The zero-order chi connectivity index (χ0) is 10.5. The van der Waals surface area contributed by atoms with Crippen LogP contribution in [0.15, 0.2) is 0 Å². The lowest BCUT2D eigenvalue weighted by atomic mass is 10.1. The Morgan fingerprint density at radius 3 is 1.93 bits per heavy atom. The Kier molecular flexibility index (Phi) is 14.7. The van der Waals surface area contributed by atoms with Crippen LogP contribution in [-0.4, -0.2) is 12.3 Å². The van der Waals surface area contributed by atoms with Crippen molar-refractivity contribution in [2.75, 3.05) is 12.3 Å². The maximum atomic E-state index is 2.33. The highest BCUT2D eigenvalue weighted by Gasteiger charge is 1.94. The lowest BCUT2D eigenvalue weighted by Crippen LogP contribution is -1.81. The van der Waals surface area contributed by atoms with Crippen LogP contribution in [-0.2, 0) is 0 Å². The summed E-state index contributed by atoms with van der Waals surface area (Å²) >= 11 is 0. The quantitative estimate of drug-likeness (QED) is 0.343. The Hall–Kier alpha value is 0.860. The molecule has 0 bridgehead atoms. The van der Waals surface area contributed by atoms with Gasteiger partial charge in [-0.25, -0.2) is 0 Å².